The van der Waals surface area contributed by atoms with Crippen molar-refractivity contribution in [2.45, 2.75) is 46.1 Å². The van der Waals surface area contributed by atoms with Gasteiger partial charge in [0.2, 0.25) is 0 Å². The van der Waals surface area contributed by atoms with Gasteiger partial charge in [-0.1, -0.05) is 20.8 Å². The Morgan fingerprint density at radius 2 is 2.05 bits per heavy atom. The van der Waals surface area contributed by atoms with Crippen LogP contribution in [0.3, 0.4) is 0 Å². The molecule has 6 heteroatoms. The summed E-state index contributed by atoms with van der Waals surface area (Å²) in [4.78, 5) is 23.1. The van der Waals surface area contributed by atoms with Gasteiger partial charge in [-0.2, -0.15) is 5.26 Å². The van der Waals surface area contributed by atoms with Crippen LogP contribution < -0.4 is 0 Å². The summed E-state index contributed by atoms with van der Waals surface area (Å²) in [6.07, 6.45) is 3.07. The first-order valence-corrected chi connectivity index (χ1v) is 8.16. The van der Waals surface area contributed by atoms with Gasteiger partial charge in [-0.25, -0.2) is 4.79 Å². The predicted molar refractivity (Wildman–Crippen MR) is 78.1 cm³/mol. The number of ether oxygens (including phenoxy) is 2. The van der Waals surface area contributed by atoms with Crippen molar-refractivity contribution < 1.29 is 19.1 Å². The number of fused-ring (bicyclic) bond motifs is 2. The van der Waals surface area contributed by atoms with E-state index < -0.39 is 11.9 Å². The first-order valence-electron chi connectivity index (χ1n) is 7.17. The Bertz CT molecular complexity index is 485. The Balaban J connectivity index is 1.82. The normalized spacial score (nSPS) is 32.5. The Labute approximate surface area is 129 Å². The maximum atomic E-state index is 11.8. The van der Waals surface area contributed by atoms with Gasteiger partial charge in [0.25, 0.3) is 0 Å². The molecule has 2 fully saturated rings. The average molecular weight is 311 g/mol. The second kappa shape index (κ2) is 5.88. The van der Waals surface area contributed by atoms with Gasteiger partial charge < -0.3 is 9.47 Å². The van der Waals surface area contributed by atoms with Crippen molar-refractivity contribution in [3.05, 3.63) is 0 Å². The molecule has 0 radical (unpaired) electrons. The van der Waals surface area contributed by atoms with E-state index in [-0.39, 0.29) is 29.3 Å². The Kier molecular flexibility index (Phi) is 4.52. The fraction of sp³-hybridized carbons (Fsp3) is 0.800. The number of thiocyanates is 1. The number of carbonyl (C=O) groups is 2. The summed E-state index contributed by atoms with van der Waals surface area (Å²) < 4.78 is 10.3. The van der Waals surface area contributed by atoms with E-state index in [0.29, 0.717) is 5.92 Å². The summed E-state index contributed by atoms with van der Waals surface area (Å²) in [5.41, 5.74) is 0.187. The van der Waals surface area contributed by atoms with Crippen LogP contribution in [0.2, 0.25) is 0 Å². The summed E-state index contributed by atoms with van der Waals surface area (Å²) in [5, 5.41) is 10.1. The number of nitrogens with zero attached hydrogens (tertiary/aromatic N) is 1. The molecule has 2 aliphatic carbocycles. The van der Waals surface area contributed by atoms with Crippen molar-refractivity contribution in [3.63, 3.8) is 0 Å². The Hall–Kier alpha value is -1.22. The highest BCUT2D eigenvalue weighted by atomic mass is 32.2. The molecule has 0 aromatic heterocycles. The molecule has 0 aliphatic heterocycles. The molecule has 0 aromatic carbocycles. The highest BCUT2D eigenvalue weighted by molar-refractivity contribution is 8.04. The fourth-order valence-electron chi connectivity index (χ4n) is 3.77. The zero-order chi connectivity index (χ0) is 15.7. The van der Waals surface area contributed by atoms with Crippen molar-refractivity contribution >= 4 is 23.7 Å². The maximum Gasteiger partial charge on any atom is 0.344 e. The molecular weight excluding hydrogens is 290 g/mol. The van der Waals surface area contributed by atoms with E-state index in [9.17, 15) is 9.59 Å². The zero-order valence-corrected chi connectivity index (χ0v) is 13.5. The third-order valence-corrected chi connectivity index (χ3v) is 6.10. The summed E-state index contributed by atoms with van der Waals surface area (Å²) in [5.74, 6) is -0.548. The molecule has 116 valence electrons. The van der Waals surface area contributed by atoms with E-state index in [1.54, 1.807) is 5.40 Å². The minimum absolute atomic E-state index is 0.00793. The van der Waals surface area contributed by atoms with E-state index in [4.69, 9.17) is 14.7 Å². The lowest BCUT2D eigenvalue weighted by molar-refractivity contribution is -0.166. The second-order valence-electron chi connectivity index (χ2n) is 6.63. The third kappa shape index (κ3) is 2.89. The number of carbonyl (C=O) groups excluding carboxylic acids is 2. The topological polar surface area (TPSA) is 76.4 Å². The number of hydrogen-bond acceptors (Lipinski definition) is 6. The van der Waals surface area contributed by atoms with Gasteiger partial charge in [-0.3, -0.25) is 4.79 Å². The molecule has 2 rings (SSSR count). The quantitative estimate of drug-likeness (QED) is 0.573. The Morgan fingerprint density at radius 3 is 2.57 bits per heavy atom. The lowest BCUT2D eigenvalue weighted by atomic mass is 9.70. The van der Waals surface area contributed by atoms with Crippen molar-refractivity contribution in [2.24, 2.45) is 16.7 Å². The number of esters is 2. The molecule has 2 saturated carbocycles. The van der Waals surface area contributed by atoms with Crippen LogP contribution in [-0.4, -0.2) is 30.4 Å². The van der Waals surface area contributed by atoms with Gasteiger partial charge in [0.05, 0.1) is 0 Å². The monoisotopic (exact) mass is 311 g/mol. The Morgan fingerprint density at radius 1 is 1.33 bits per heavy atom. The number of thioether (sulfide) groups is 1. The molecule has 0 aromatic rings. The van der Waals surface area contributed by atoms with Crippen LogP contribution in [0.5, 0.6) is 0 Å². The minimum Gasteiger partial charge on any atom is -0.459 e. The summed E-state index contributed by atoms with van der Waals surface area (Å²) in [6, 6.07) is 0. The first kappa shape index (κ1) is 16.2. The van der Waals surface area contributed by atoms with Gasteiger partial charge >= 0.3 is 11.9 Å². The molecule has 0 N–H and O–H groups in total. The molecule has 0 saturated heterocycles. The van der Waals surface area contributed by atoms with Gasteiger partial charge in [-0.15, -0.1) is 0 Å². The van der Waals surface area contributed by atoms with Crippen LogP contribution in [0.25, 0.3) is 0 Å². The third-order valence-electron chi connectivity index (χ3n) is 5.59. The van der Waals surface area contributed by atoms with Gasteiger partial charge in [-0.05, 0) is 42.4 Å². The number of nitriles is 1. The van der Waals surface area contributed by atoms with Gasteiger partial charge in [0, 0.05) is 5.41 Å². The molecule has 0 amide bonds. The van der Waals surface area contributed by atoms with E-state index in [0.717, 1.165) is 24.6 Å². The van der Waals surface area contributed by atoms with Crippen molar-refractivity contribution in [2.75, 3.05) is 12.4 Å². The summed E-state index contributed by atoms with van der Waals surface area (Å²) >= 11 is 0.789. The van der Waals surface area contributed by atoms with Crippen LogP contribution in [0.1, 0.15) is 40.0 Å². The minimum atomic E-state index is -0.571. The van der Waals surface area contributed by atoms with Crippen molar-refractivity contribution in [1.82, 2.24) is 0 Å². The molecular formula is C15H21NO4S. The molecule has 0 heterocycles. The van der Waals surface area contributed by atoms with Crippen molar-refractivity contribution in [3.8, 4) is 5.40 Å². The van der Waals surface area contributed by atoms with E-state index >= 15 is 0 Å². The number of hydrogen-bond donors (Lipinski definition) is 0. The molecule has 21 heavy (non-hydrogen) atoms. The van der Waals surface area contributed by atoms with Crippen LogP contribution in [-0.2, 0) is 19.1 Å². The van der Waals surface area contributed by atoms with Crippen LogP contribution in [0.4, 0.5) is 0 Å². The van der Waals surface area contributed by atoms with Crippen LogP contribution in [0, 0.1) is 27.4 Å². The SMILES string of the molecule is CC1(C)[C@@H]2CC[C@]1(C)C(OC(=O)COC(=O)CSC#N)C2. The van der Waals surface area contributed by atoms with Gasteiger partial charge in [0.15, 0.2) is 6.61 Å². The van der Waals surface area contributed by atoms with E-state index in [1.807, 2.05) is 0 Å². The zero-order valence-electron chi connectivity index (χ0n) is 12.7. The molecule has 5 nitrogen and oxygen atoms in total. The highest BCUT2D eigenvalue weighted by Crippen LogP contribution is 2.66. The fourth-order valence-corrected chi connectivity index (χ4v) is 4.04. The lowest BCUT2D eigenvalue weighted by Gasteiger charge is -2.38. The molecule has 1 unspecified atom stereocenters. The van der Waals surface area contributed by atoms with Crippen molar-refractivity contribution in [1.29, 1.82) is 5.26 Å². The maximum absolute atomic E-state index is 11.8. The first-order chi connectivity index (χ1) is 9.81. The van der Waals surface area contributed by atoms with Crippen LogP contribution >= 0.6 is 11.8 Å². The smallest absolute Gasteiger partial charge is 0.344 e. The molecule has 3 atom stereocenters. The molecule has 2 aliphatic rings. The van der Waals surface area contributed by atoms with E-state index in [2.05, 4.69) is 20.8 Å². The largest absolute Gasteiger partial charge is 0.459 e. The number of rotatable bonds is 5. The van der Waals surface area contributed by atoms with E-state index in [1.165, 1.54) is 6.42 Å². The highest BCUT2D eigenvalue weighted by Gasteiger charge is 2.62. The molecule has 0 spiro atoms. The van der Waals surface area contributed by atoms with Gasteiger partial charge in [0.1, 0.15) is 17.3 Å². The standard InChI is InChI=1S/C15H21NO4S/c1-14(2)10-4-5-15(14,3)11(6-10)20-12(17)7-19-13(18)8-21-9-16/h10-11H,4-8H2,1-3H3/t10-,11?,15-/m1/s1. The second-order valence-corrected chi connectivity index (χ2v) is 7.39. The summed E-state index contributed by atoms with van der Waals surface area (Å²) in [7, 11) is 0. The average Bonchev–Trinajstić information content (AvgIpc) is 2.76. The predicted octanol–water partition coefficient (Wildman–Crippen LogP) is 2.50. The summed E-state index contributed by atoms with van der Waals surface area (Å²) in [6.45, 7) is 6.31. The molecule has 2 bridgehead atoms. The van der Waals surface area contributed by atoms with Crippen LogP contribution in [0.15, 0.2) is 0 Å². The lowest BCUT2D eigenvalue weighted by Crippen LogP contribution is -2.39.